The first-order valence-corrected chi connectivity index (χ1v) is 7.02. The average molecular weight is 303 g/mol. The van der Waals surface area contributed by atoms with Crippen molar-refractivity contribution in [1.29, 1.82) is 0 Å². The summed E-state index contributed by atoms with van der Waals surface area (Å²) >= 11 is 11.7. The number of nitrogens with zero attached hydrogens (tertiary/aromatic N) is 1. The number of aromatic nitrogens is 1. The highest BCUT2D eigenvalue weighted by Gasteiger charge is 2.33. The molecule has 6 heteroatoms. The Morgan fingerprint density at radius 1 is 1.42 bits per heavy atom. The van der Waals surface area contributed by atoms with Crippen molar-refractivity contribution in [3.63, 3.8) is 0 Å². The van der Waals surface area contributed by atoms with Crippen LogP contribution in [0.15, 0.2) is 12.3 Å². The van der Waals surface area contributed by atoms with E-state index in [1.807, 2.05) is 0 Å². The molecule has 1 aromatic heterocycles. The minimum absolute atomic E-state index is 0.0954. The minimum Gasteiger partial charge on any atom is -0.396 e. The molecule has 104 valence electrons. The Morgan fingerprint density at radius 3 is 2.74 bits per heavy atom. The summed E-state index contributed by atoms with van der Waals surface area (Å²) in [5.74, 6) is -0.283. The largest absolute Gasteiger partial charge is 0.396 e. The molecule has 0 saturated heterocycles. The number of amides is 1. The van der Waals surface area contributed by atoms with E-state index in [0.717, 1.165) is 25.7 Å². The number of pyridine rings is 1. The first kappa shape index (κ1) is 14.6. The van der Waals surface area contributed by atoms with E-state index in [9.17, 15) is 9.90 Å². The monoisotopic (exact) mass is 302 g/mol. The van der Waals surface area contributed by atoms with Gasteiger partial charge in [-0.1, -0.05) is 36.0 Å². The molecule has 1 amide bonds. The lowest BCUT2D eigenvalue weighted by atomic mass is 9.87. The van der Waals surface area contributed by atoms with Crippen LogP contribution in [0.4, 0.5) is 0 Å². The summed E-state index contributed by atoms with van der Waals surface area (Å²) in [4.78, 5) is 15.9. The van der Waals surface area contributed by atoms with E-state index < -0.39 is 0 Å². The fourth-order valence-corrected chi connectivity index (χ4v) is 2.81. The van der Waals surface area contributed by atoms with Gasteiger partial charge in [-0.05, 0) is 18.9 Å². The Hall–Kier alpha value is -0.840. The van der Waals surface area contributed by atoms with Crippen LogP contribution in [0.5, 0.6) is 0 Å². The average Bonchev–Trinajstić information content (AvgIpc) is 2.88. The molecule has 1 fully saturated rings. The topological polar surface area (TPSA) is 62.2 Å². The van der Waals surface area contributed by atoms with Crippen LogP contribution in [0.2, 0.25) is 10.2 Å². The third-order valence-electron chi connectivity index (χ3n) is 3.69. The van der Waals surface area contributed by atoms with Gasteiger partial charge in [0.2, 0.25) is 0 Å². The lowest BCUT2D eigenvalue weighted by Crippen LogP contribution is -2.38. The number of carbonyl (C=O) groups is 1. The SMILES string of the molecule is O=C(NCC1(CO)CCCC1)c1cc(Cl)ncc1Cl. The van der Waals surface area contributed by atoms with Crippen LogP contribution >= 0.6 is 23.2 Å². The molecule has 0 radical (unpaired) electrons. The number of aliphatic hydroxyl groups excluding tert-OH is 1. The second kappa shape index (κ2) is 6.07. The maximum Gasteiger partial charge on any atom is 0.252 e. The van der Waals surface area contributed by atoms with E-state index >= 15 is 0 Å². The van der Waals surface area contributed by atoms with Gasteiger partial charge in [-0.2, -0.15) is 0 Å². The number of nitrogens with one attached hydrogen (secondary N) is 1. The van der Waals surface area contributed by atoms with Gasteiger partial charge >= 0.3 is 0 Å². The fraction of sp³-hybridized carbons (Fsp3) is 0.538. The van der Waals surface area contributed by atoms with E-state index in [1.54, 1.807) is 0 Å². The zero-order valence-corrected chi connectivity index (χ0v) is 12.0. The van der Waals surface area contributed by atoms with Gasteiger partial charge in [0.1, 0.15) is 5.15 Å². The molecular formula is C13H16Cl2N2O2. The minimum atomic E-state index is -0.283. The second-order valence-corrected chi connectivity index (χ2v) is 5.83. The number of aliphatic hydroxyl groups is 1. The lowest BCUT2D eigenvalue weighted by molar-refractivity contribution is 0.0880. The highest BCUT2D eigenvalue weighted by atomic mass is 35.5. The number of hydrogen-bond acceptors (Lipinski definition) is 3. The number of hydrogen-bond donors (Lipinski definition) is 2. The number of carbonyl (C=O) groups excluding carboxylic acids is 1. The Bertz CT molecular complexity index is 474. The summed E-state index contributed by atoms with van der Waals surface area (Å²) in [6, 6.07) is 1.44. The zero-order chi connectivity index (χ0) is 13.9. The van der Waals surface area contributed by atoms with Crippen LogP contribution in [-0.4, -0.2) is 29.1 Å². The summed E-state index contributed by atoms with van der Waals surface area (Å²) in [6.45, 7) is 0.552. The van der Waals surface area contributed by atoms with Gasteiger partial charge in [0.25, 0.3) is 5.91 Å². The van der Waals surface area contributed by atoms with Crippen LogP contribution in [0.3, 0.4) is 0 Å². The van der Waals surface area contributed by atoms with E-state index in [-0.39, 0.29) is 28.1 Å². The normalized spacial score (nSPS) is 17.4. The van der Waals surface area contributed by atoms with Crippen molar-refractivity contribution in [2.45, 2.75) is 25.7 Å². The molecule has 1 saturated carbocycles. The number of rotatable bonds is 4. The quantitative estimate of drug-likeness (QED) is 0.841. The summed E-state index contributed by atoms with van der Waals surface area (Å²) in [5.41, 5.74) is 0.131. The summed E-state index contributed by atoms with van der Waals surface area (Å²) < 4.78 is 0. The van der Waals surface area contributed by atoms with Gasteiger partial charge in [-0.3, -0.25) is 4.79 Å². The molecule has 0 unspecified atom stereocenters. The predicted octanol–water partition coefficient (Wildman–Crippen LogP) is 2.67. The smallest absolute Gasteiger partial charge is 0.252 e. The molecule has 0 aromatic carbocycles. The van der Waals surface area contributed by atoms with Crippen LogP contribution in [0.1, 0.15) is 36.0 Å². The van der Waals surface area contributed by atoms with E-state index in [0.29, 0.717) is 12.1 Å². The molecule has 0 atom stereocenters. The molecule has 19 heavy (non-hydrogen) atoms. The van der Waals surface area contributed by atoms with Crippen molar-refractivity contribution in [3.05, 3.63) is 28.0 Å². The molecule has 0 bridgehead atoms. The van der Waals surface area contributed by atoms with Crippen molar-refractivity contribution in [2.75, 3.05) is 13.2 Å². The molecule has 2 N–H and O–H groups in total. The molecule has 4 nitrogen and oxygen atoms in total. The molecule has 1 aliphatic carbocycles. The van der Waals surface area contributed by atoms with Crippen LogP contribution < -0.4 is 5.32 Å². The van der Waals surface area contributed by atoms with Gasteiger partial charge < -0.3 is 10.4 Å². The number of halogens is 2. The van der Waals surface area contributed by atoms with Gasteiger partial charge in [-0.15, -0.1) is 0 Å². The molecule has 1 aliphatic rings. The first-order chi connectivity index (χ1) is 9.06. The third kappa shape index (κ3) is 3.38. The Labute approximate surface area is 122 Å². The van der Waals surface area contributed by atoms with Crippen molar-refractivity contribution in [1.82, 2.24) is 10.3 Å². The van der Waals surface area contributed by atoms with Crippen LogP contribution in [0, 0.1) is 5.41 Å². The summed E-state index contributed by atoms with van der Waals surface area (Å²) in [7, 11) is 0. The molecule has 0 spiro atoms. The molecular weight excluding hydrogens is 287 g/mol. The van der Waals surface area contributed by atoms with Crippen LogP contribution in [-0.2, 0) is 0 Å². The highest BCUT2D eigenvalue weighted by Crippen LogP contribution is 2.37. The van der Waals surface area contributed by atoms with E-state index in [1.165, 1.54) is 12.3 Å². The van der Waals surface area contributed by atoms with Crippen molar-refractivity contribution >= 4 is 29.1 Å². The molecule has 1 heterocycles. The van der Waals surface area contributed by atoms with Crippen LogP contribution in [0.25, 0.3) is 0 Å². The standard InChI is InChI=1S/C13H16Cl2N2O2/c14-10-6-16-11(15)5-9(10)12(19)17-7-13(8-18)3-1-2-4-13/h5-6,18H,1-4,7-8H2,(H,17,19). The van der Waals surface area contributed by atoms with Crippen molar-refractivity contribution in [3.8, 4) is 0 Å². The Morgan fingerprint density at radius 2 is 2.11 bits per heavy atom. The first-order valence-electron chi connectivity index (χ1n) is 6.26. The molecule has 0 aliphatic heterocycles. The predicted molar refractivity (Wildman–Crippen MR) is 74.6 cm³/mol. The highest BCUT2D eigenvalue weighted by molar-refractivity contribution is 6.35. The van der Waals surface area contributed by atoms with Crippen molar-refractivity contribution in [2.24, 2.45) is 5.41 Å². The van der Waals surface area contributed by atoms with Gasteiger partial charge in [0, 0.05) is 18.2 Å². The van der Waals surface area contributed by atoms with Gasteiger partial charge in [0.05, 0.1) is 17.2 Å². The maximum atomic E-state index is 12.1. The second-order valence-electron chi connectivity index (χ2n) is 5.03. The van der Waals surface area contributed by atoms with E-state index in [4.69, 9.17) is 23.2 Å². The van der Waals surface area contributed by atoms with E-state index in [2.05, 4.69) is 10.3 Å². The van der Waals surface area contributed by atoms with Gasteiger partial charge in [-0.25, -0.2) is 4.98 Å². The summed E-state index contributed by atoms with van der Waals surface area (Å²) in [6.07, 6.45) is 5.43. The van der Waals surface area contributed by atoms with Crippen molar-refractivity contribution < 1.29 is 9.90 Å². The Balaban J connectivity index is 2.03. The summed E-state index contributed by atoms with van der Waals surface area (Å²) in [5, 5.41) is 12.8. The molecule has 2 rings (SSSR count). The third-order valence-corrected chi connectivity index (χ3v) is 4.20. The fourth-order valence-electron chi connectivity index (χ4n) is 2.47. The lowest BCUT2D eigenvalue weighted by Gasteiger charge is -2.26. The Kier molecular flexibility index (Phi) is 4.66. The maximum absolute atomic E-state index is 12.1. The zero-order valence-electron chi connectivity index (χ0n) is 10.5. The molecule has 1 aromatic rings. The van der Waals surface area contributed by atoms with Gasteiger partial charge in [0.15, 0.2) is 0 Å².